The highest BCUT2D eigenvalue weighted by atomic mass is 35.5. The highest BCUT2D eigenvalue weighted by Crippen LogP contribution is 2.24. The highest BCUT2D eigenvalue weighted by Gasteiger charge is 2.15. The predicted molar refractivity (Wildman–Crippen MR) is 98.5 cm³/mol. The number of rotatable bonds is 5. The monoisotopic (exact) mass is 366 g/mol. The van der Waals surface area contributed by atoms with Gasteiger partial charge in [-0.3, -0.25) is 4.79 Å². The van der Waals surface area contributed by atoms with Crippen LogP contribution in [0.1, 0.15) is 12.5 Å². The van der Waals surface area contributed by atoms with Crippen molar-refractivity contribution in [1.82, 2.24) is 9.55 Å². The Morgan fingerprint density at radius 3 is 2.69 bits per heavy atom. The molecule has 1 amide bonds. The zero-order valence-electron chi connectivity index (χ0n) is 13.9. The molecular weight excluding hydrogens is 352 g/mol. The van der Waals surface area contributed by atoms with Crippen LogP contribution < -0.4 is 10.1 Å². The van der Waals surface area contributed by atoms with Crippen LogP contribution >= 0.6 is 11.6 Å². The molecule has 0 bridgehead atoms. The largest absolute Gasteiger partial charge is 0.481 e. The zero-order chi connectivity index (χ0) is 18.5. The Morgan fingerprint density at radius 2 is 2.08 bits per heavy atom. The molecule has 1 unspecified atom stereocenters. The molecule has 130 valence electrons. The molecule has 3 rings (SSSR count). The molecule has 1 aromatic heterocycles. The Labute approximate surface area is 155 Å². The van der Waals surface area contributed by atoms with Crippen LogP contribution in [0.15, 0.2) is 61.2 Å². The van der Waals surface area contributed by atoms with Crippen molar-refractivity contribution in [3.8, 4) is 17.5 Å². The summed E-state index contributed by atoms with van der Waals surface area (Å²) in [6, 6.07) is 13.8. The van der Waals surface area contributed by atoms with Gasteiger partial charge in [-0.15, -0.1) is 0 Å². The molecule has 0 aliphatic rings. The molecule has 0 saturated carbocycles. The number of nitrogens with zero attached hydrogens (tertiary/aromatic N) is 3. The van der Waals surface area contributed by atoms with E-state index in [2.05, 4.69) is 10.3 Å². The first kappa shape index (κ1) is 17.5. The summed E-state index contributed by atoms with van der Waals surface area (Å²) in [5, 5.41) is 12.1. The Balaban J connectivity index is 1.65. The third-order valence-electron chi connectivity index (χ3n) is 3.66. The van der Waals surface area contributed by atoms with E-state index < -0.39 is 6.10 Å². The molecule has 1 atom stereocenters. The first-order valence-corrected chi connectivity index (χ1v) is 8.20. The minimum Gasteiger partial charge on any atom is -0.481 e. The van der Waals surface area contributed by atoms with Crippen LogP contribution in [0.4, 0.5) is 5.69 Å². The van der Waals surface area contributed by atoms with Gasteiger partial charge in [0, 0.05) is 18.1 Å². The highest BCUT2D eigenvalue weighted by molar-refractivity contribution is 6.32. The zero-order valence-corrected chi connectivity index (χ0v) is 14.6. The van der Waals surface area contributed by atoms with E-state index in [1.54, 1.807) is 72.7 Å². The Bertz CT molecular complexity index is 947. The van der Waals surface area contributed by atoms with Crippen molar-refractivity contribution in [2.75, 3.05) is 5.32 Å². The van der Waals surface area contributed by atoms with Crippen molar-refractivity contribution >= 4 is 23.2 Å². The van der Waals surface area contributed by atoms with Gasteiger partial charge >= 0.3 is 0 Å². The van der Waals surface area contributed by atoms with Gasteiger partial charge in [-0.2, -0.15) is 5.26 Å². The minimum atomic E-state index is -0.713. The third-order valence-corrected chi connectivity index (χ3v) is 3.97. The van der Waals surface area contributed by atoms with E-state index in [0.717, 1.165) is 5.69 Å². The average Bonchev–Trinajstić information content (AvgIpc) is 3.16. The van der Waals surface area contributed by atoms with Crippen molar-refractivity contribution < 1.29 is 9.53 Å². The van der Waals surface area contributed by atoms with Gasteiger partial charge in [0.25, 0.3) is 5.91 Å². The van der Waals surface area contributed by atoms with Gasteiger partial charge < -0.3 is 14.6 Å². The second kappa shape index (κ2) is 7.72. The molecule has 3 aromatic rings. The van der Waals surface area contributed by atoms with Crippen molar-refractivity contribution in [3.63, 3.8) is 0 Å². The summed E-state index contributed by atoms with van der Waals surface area (Å²) in [5.41, 5.74) is 1.87. The number of halogens is 1. The van der Waals surface area contributed by atoms with Gasteiger partial charge in [0.15, 0.2) is 6.10 Å². The van der Waals surface area contributed by atoms with Crippen LogP contribution in [-0.4, -0.2) is 21.6 Å². The van der Waals surface area contributed by atoms with Gasteiger partial charge in [-0.05, 0) is 49.4 Å². The van der Waals surface area contributed by atoms with Crippen molar-refractivity contribution in [3.05, 3.63) is 71.8 Å². The van der Waals surface area contributed by atoms with Gasteiger partial charge in [0.2, 0.25) is 0 Å². The Morgan fingerprint density at radius 1 is 1.31 bits per heavy atom. The summed E-state index contributed by atoms with van der Waals surface area (Å²) in [4.78, 5) is 16.3. The van der Waals surface area contributed by atoms with E-state index in [1.807, 2.05) is 6.07 Å². The van der Waals surface area contributed by atoms with Crippen LogP contribution in [0.5, 0.6) is 5.75 Å². The van der Waals surface area contributed by atoms with Crippen molar-refractivity contribution in [2.45, 2.75) is 13.0 Å². The number of aromatic nitrogens is 2. The number of nitriles is 1. The van der Waals surface area contributed by atoms with Gasteiger partial charge in [-0.1, -0.05) is 11.6 Å². The number of imidazole rings is 1. The lowest BCUT2D eigenvalue weighted by Gasteiger charge is -2.15. The molecule has 6 nitrogen and oxygen atoms in total. The normalized spacial score (nSPS) is 11.4. The third kappa shape index (κ3) is 4.02. The quantitative estimate of drug-likeness (QED) is 0.744. The van der Waals surface area contributed by atoms with Crippen molar-refractivity contribution in [2.24, 2.45) is 0 Å². The predicted octanol–water partition coefficient (Wildman–Crippen LogP) is 3.80. The fraction of sp³-hybridized carbons (Fsp3) is 0.105. The number of amides is 1. The maximum Gasteiger partial charge on any atom is 0.265 e. The lowest BCUT2D eigenvalue weighted by molar-refractivity contribution is -0.122. The Hall–Kier alpha value is -3.30. The molecule has 0 aliphatic carbocycles. The fourth-order valence-corrected chi connectivity index (χ4v) is 2.58. The Kier molecular flexibility index (Phi) is 5.20. The molecule has 1 N–H and O–H groups in total. The first-order chi connectivity index (χ1) is 12.6. The maximum absolute atomic E-state index is 12.3. The van der Waals surface area contributed by atoms with Gasteiger partial charge in [0.1, 0.15) is 5.75 Å². The molecule has 0 spiro atoms. The molecule has 2 aromatic carbocycles. The minimum absolute atomic E-state index is 0.305. The van der Waals surface area contributed by atoms with Gasteiger partial charge in [0.05, 0.1) is 28.7 Å². The number of carbonyl (C=O) groups excluding carboxylic acids is 1. The summed E-state index contributed by atoms with van der Waals surface area (Å²) < 4.78 is 7.38. The van der Waals surface area contributed by atoms with Crippen LogP contribution in [0.2, 0.25) is 5.02 Å². The van der Waals surface area contributed by atoms with Crippen LogP contribution in [0.25, 0.3) is 5.69 Å². The van der Waals surface area contributed by atoms with E-state index in [1.165, 1.54) is 0 Å². The SMILES string of the molecule is CC(Oc1ccc(C#N)cc1)C(=O)Nc1ccc(-n2ccnc2)c(Cl)c1. The summed E-state index contributed by atoms with van der Waals surface area (Å²) in [7, 11) is 0. The molecule has 0 aliphatic heterocycles. The number of nitrogens with one attached hydrogen (secondary N) is 1. The molecule has 0 fully saturated rings. The topological polar surface area (TPSA) is 79.9 Å². The molecule has 1 heterocycles. The summed E-state index contributed by atoms with van der Waals surface area (Å²) in [6.45, 7) is 1.65. The molecule has 0 radical (unpaired) electrons. The molecule has 0 saturated heterocycles. The smallest absolute Gasteiger partial charge is 0.265 e. The van der Waals surface area contributed by atoms with E-state index in [9.17, 15) is 4.79 Å². The van der Waals surface area contributed by atoms with Crippen molar-refractivity contribution in [1.29, 1.82) is 5.26 Å². The summed E-state index contributed by atoms with van der Waals surface area (Å²) in [6.07, 6.45) is 4.38. The number of ether oxygens (including phenoxy) is 1. The second-order valence-electron chi connectivity index (χ2n) is 5.52. The van der Waals surface area contributed by atoms with E-state index >= 15 is 0 Å². The average molecular weight is 367 g/mol. The second-order valence-corrected chi connectivity index (χ2v) is 5.93. The van der Waals surface area contributed by atoms with E-state index in [0.29, 0.717) is 22.0 Å². The van der Waals surface area contributed by atoms with Crippen LogP contribution in [0.3, 0.4) is 0 Å². The van der Waals surface area contributed by atoms with Crippen LogP contribution in [0, 0.1) is 11.3 Å². The molecular formula is C19H15ClN4O2. The number of anilines is 1. The van der Waals surface area contributed by atoms with E-state index in [4.69, 9.17) is 21.6 Å². The number of carbonyl (C=O) groups is 1. The maximum atomic E-state index is 12.3. The van der Waals surface area contributed by atoms with Gasteiger partial charge in [-0.25, -0.2) is 4.98 Å². The standard InChI is InChI=1S/C19H15ClN4O2/c1-13(26-16-5-2-14(11-21)3-6-16)19(25)23-15-4-7-18(17(20)10-15)24-9-8-22-12-24/h2-10,12-13H,1H3,(H,23,25). The number of hydrogen-bond donors (Lipinski definition) is 1. The number of hydrogen-bond acceptors (Lipinski definition) is 4. The first-order valence-electron chi connectivity index (χ1n) is 7.82. The van der Waals surface area contributed by atoms with E-state index in [-0.39, 0.29) is 5.91 Å². The number of benzene rings is 2. The summed E-state index contributed by atoms with van der Waals surface area (Å²) >= 11 is 6.28. The lowest BCUT2D eigenvalue weighted by Crippen LogP contribution is -2.30. The molecule has 26 heavy (non-hydrogen) atoms. The molecule has 7 heteroatoms. The van der Waals surface area contributed by atoms with Crippen LogP contribution in [-0.2, 0) is 4.79 Å². The summed E-state index contributed by atoms with van der Waals surface area (Å²) in [5.74, 6) is 0.209. The lowest BCUT2D eigenvalue weighted by atomic mass is 10.2. The fourth-order valence-electron chi connectivity index (χ4n) is 2.31.